The number of nitrogens with one attached hydrogen (secondary N) is 1. The maximum absolute atomic E-state index is 13.3. The lowest BCUT2D eigenvalue weighted by Gasteiger charge is -2.21. The lowest BCUT2D eigenvalue weighted by atomic mass is 10.1. The molecule has 3 aromatic carbocycles. The van der Waals surface area contributed by atoms with Crippen molar-refractivity contribution in [1.82, 2.24) is 9.88 Å². The fraction of sp³-hybridized carbons (Fsp3) is 0.154. The van der Waals surface area contributed by atoms with Gasteiger partial charge in [0.15, 0.2) is 11.5 Å². The molecule has 0 fully saturated rings. The third kappa shape index (κ3) is 4.30. The highest BCUT2D eigenvalue weighted by atomic mass is 35.5. The molecule has 1 aromatic heterocycles. The fourth-order valence-corrected chi connectivity index (χ4v) is 4.30. The Morgan fingerprint density at radius 3 is 2.56 bits per heavy atom. The maximum atomic E-state index is 13.3. The molecular formula is C26H21ClN2O5. The van der Waals surface area contributed by atoms with Crippen LogP contribution in [-0.4, -0.2) is 34.8 Å². The van der Waals surface area contributed by atoms with Gasteiger partial charge in [0.25, 0.3) is 5.91 Å². The van der Waals surface area contributed by atoms with E-state index >= 15 is 0 Å². The third-order valence-electron chi connectivity index (χ3n) is 5.69. The van der Waals surface area contributed by atoms with Crippen molar-refractivity contribution >= 4 is 34.4 Å². The molecule has 0 radical (unpaired) electrons. The lowest BCUT2D eigenvalue weighted by Crippen LogP contribution is -2.24. The molecule has 0 aliphatic carbocycles. The van der Waals surface area contributed by atoms with Gasteiger partial charge in [0.2, 0.25) is 0 Å². The average molecular weight is 477 g/mol. The molecule has 0 spiro atoms. The van der Waals surface area contributed by atoms with Gasteiger partial charge in [-0.1, -0.05) is 35.9 Å². The Balaban J connectivity index is 1.49. The summed E-state index contributed by atoms with van der Waals surface area (Å²) in [6.45, 7) is 1.64. The number of ether oxygens (including phenoxy) is 2. The number of carbonyl (C=O) groups excluding carboxylic acids is 1. The Bertz CT molecular complexity index is 1390. The zero-order chi connectivity index (χ0) is 23.7. The van der Waals surface area contributed by atoms with Gasteiger partial charge >= 0.3 is 5.97 Å². The second-order valence-corrected chi connectivity index (χ2v) is 8.41. The van der Waals surface area contributed by atoms with Crippen molar-refractivity contribution < 1.29 is 24.2 Å². The molecule has 1 aliphatic heterocycles. The quantitative estimate of drug-likeness (QED) is 0.419. The van der Waals surface area contributed by atoms with E-state index in [-0.39, 0.29) is 18.0 Å². The van der Waals surface area contributed by atoms with Gasteiger partial charge in [-0.2, -0.15) is 0 Å². The molecule has 2 N–H and O–H groups in total. The van der Waals surface area contributed by atoms with Gasteiger partial charge in [0.1, 0.15) is 13.2 Å². The predicted molar refractivity (Wildman–Crippen MR) is 128 cm³/mol. The summed E-state index contributed by atoms with van der Waals surface area (Å²) in [5, 5.41) is 13.4. The molecule has 172 valence electrons. The number of nitrogens with zero attached hydrogens (tertiary/aromatic N) is 1. The summed E-state index contributed by atoms with van der Waals surface area (Å²) in [5.41, 5.74) is 3.20. The zero-order valence-corrected chi connectivity index (χ0v) is 18.8. The van der Waals surface area contributed by atoms with Crippen molar-refractivity contribution in [2.45, 2.75) is 13.1 Å². The minimum atomic E-state index is -0.991. The molecular weight excluding hydrogens is 456 g/mol. The monoisotopic (exact) mass is 476 g/mol. The third-order valence-corrected chi connectivity index (χ3v) is 5.93. The molecule has 4 aromatic rings. The number of carboxylic acid groups (broad SMARTS) is 1. The summed E-state index contributed by atoms with van der Waals surface area (Å²) >= 11 is 6.16. The van der Waals surface area contributed by atoms with Crippen molar-refractivity contribution in [2.24, 2.45) is 0 Å². The number of amides is 1. The van der Waals surface area contributed by atoms with Gasteiger partial charge < -0.3 is 24.5 Å². The van der Waals surface area contributed by atoms with E-state index in [1.54, 1.807) is 18.2 Å². The summed E-state index contributed by atoms with van der Waals surface area (Å²) in [7, 11) is 0. The number of fused-ring (bicyclic) bond motifs is 3. The highest BCUT2D eigenvalue weighted by Crippen LogP contribution is 2.40. The predicted octanol–water partition coefficient (Wildman–Crippen LogP) is 4.74. The second kappa shape index (κ2) is 9.11. The molecule has 8 heteroatoms. The standard InChI is InChI=1S/C26H21ClN2O5/c27-19-3-1-2-17(12-19)15-29-9-8-20-23(29)21(13-22-24(20)34-11-10-33-22)25(30)28-14-16-4-6-18(7-5-16)26(31)32/h1-9,12-13H,10-11,14-15H2,(H,28,30)(H,31,32). The molecule has 7 nitrogen and oxygen atoms in total. The summed E-state index contributed by atoms with van der Waals surface area (Å²) in [4.78, 5) is 24.4. The van der Waals surface area contributed by atoms with Crippen LogP contribution < -0.4 is 14.8 Å². The zero-order valence-electron chi connectivity index (χ0n) is 18.1. The van der Waals surface area contributed by atoms with Crippen LogP contribution in [0.1, 0.15) is 31.8 Å². The number of rotatable bonds is 6. The minimum Gasteiger partial charge on any atom is -0.486 e. The van der Waals surface area contributed by atoms with E-state index in [4.69, 9.17) is 26.2 Å². The number of aromatic carboxylic acids is 1. The van der Waals surface area contributed by atoms with E-state index in [9.17, 15) is 9.59 Å². The van der Waals surface area contributed by atoms with Crippen LogP contribution in [0.25, 0.3) is 10.9 Å². The summed E-state index contributed by atoms with van der Waals surface area (Å²) in [5.74, 6) is -0.0906. The van der Waals surface area contributed by atoms with E-state index in [0.717, 1.165) is 22.0 Å². The summed E-state index contributed by atoms with van der Waals surface area (Å²) in [6, 6.07) is 17.6. The average Bonchev–Trinajstić information content (AvgIpc) is 3.26. The van der Waals surface area contributed by atoms with Crippen LogP contribution in [0.5, 0.6) is 11.5 Å². The van der Waals surface area contributed by atoms with Gasteiger partial charge in [0.05, 0.1) is 16.6 Å². The topological polar surface area (TPSA) is 89.8 Å². The first-order valence-electron chi connectivity index (χ1n) is 10.8. The van der Waals surface area contributed by atoms with Crippen LogP contribution in [0, 0.1) is 0 Å². The Hall–Kier alpha value is -3.97. The second-order valence-electron chi connectivity index (χ2n) is 7.97. The minimum absolute atomic E-state index is 0.197. The molecule has 0 atom stereocenters. The molecule has 2 heterocycles. The maximum Gasteiger partial charge on any atom is 0.335 e. The lowest BCUT2D eigenvalue weighted by molar-refractivity contribution is 0.0696. The van der Waals surface area contributed by atoms with Gasteiger partial charge in [-0.25, -0.2) is 4.79 Å². The number of carbonyl (C=O) groups is 2. The molecule has 34 heavy (non-hydrogen) atoms. The molecule has 1 aliphatic rings. The van der Waals surface area contributed by atoms with Crippen LogP contribution >= 0.6 is 11.6 Å². The summed E-state index contributed by atoms with van der Waals surface area (Å²) in [6.07, 6.45) is 1.92. The number of benzene rings is 3. The normalized spacial score (nSPS) is 12.5. The molecule has 5 rings (SSSR count). The molecule has 0 saturated carbocycles. The van der Waals surface area contributed by atoms with E-state index < -0.39 is 5.97 Å². The molecule has 0 bridgehead atoms. The number of carboxylic acids is 1. The van der Waals surface area contributed by atoms with E-state index in [0.29, 0.717) is 41.8 Å². The first-order valence-corrected chi connectivity index (χ1v) is 11.1. The van der Waals surface area contributed by atoms with Crippen LogP contribution in [0.15, 0.2) is 66.9 Å². The van der Waals surface area contributed by atoms with Crippen molar-refractivity contribution in [1.29, 1.82) is 0 Å². The Labute approximate surface area is 200 Å². The molecule has 1 amide bonds. The number of hydrogen-bond acceptors (Lipinski definition) is 4. The van der Waals surface area contributed by atoms with Crippen LogP contribution in [-0.2, 0) is 13.1 Å². The number of aromatic nitrogens is 1. The van der Waals surface area contributed by atoms with Crippen molar-refractivity contribution in [3.05, 3.63) is 94.1 Å². The number of halogens is 1. The number of hydrogen-bond donors (Lipinski definition) is 2. The van der Waals surface area contributed by atoms with Gasteiger partial charge in [0, 0.05) is 29.7 Å². The van der Waals surface area contributed by atoms with E-state index in [1.165, 1.54) is 12.1 Å². The first-order chi connectivity index (χ1) is 16.5. The van der Waals surface area contributed by atoms with Crippen LogP contribution in [0.2, 0.25) is 5.02 Å². The van der Waals surface area contributed by atoms with Gasteiger partial charge in [-0.3, -0.25) is 4.79 Å². The van der Waals surface area contributed by atoms with Gasteiger partial charge in [-0.15, -0.1) is 0 Å². The fourth-order valence-electron chi connectivity index (χ4n) is 4.08. The van der Waals surface area contributed by atoms with Crippen molar-refractivity contribution in [3.63, 3.8) is 0 Å². The Kier molecular flexibility index (Phi) is 5.86. The first kappa shape index (κ1) is 21.9. The SMILES string of the molecule is O=C(O)c1ccc(CNC(=O)c2cc3c(c4ccn(Cc5cccc(Cl)c5)c24)OCCO3)cc1. The van der Waals surface area contributed by atoms with Crippen LogP contribution in [0.3, 0.4) is 0 Å². The van der Waals surface area contributed by atoms with Gasteiger partial charge in [-0.05, 0) is 47.5 Å². The highest BCUT2D eigenvalue weighted by Gasteiger charge is 2.24. The van der Waals surface area contributed by atoms with E-state index in [2.05, 4.69) is 5.32 Å². The Morgan fingerprint density at radius 2 is 1.79 bits per heavy atom. The van der Waals surface area contributed by atoms with Crippen LogP contribution in [0.4, 0.5) is 0 Å². The van der Waals surface area contributed by atoms with E-state index in [1.807, 2.05) is 41.1 Å². The van der Waals surface area contributed by atoms with Crippen molar-refractivity contribution in [3.8, 4) is 11.5 Å². The largest absolute Gasteiger partial charge is 0.486 e. The molecule has 0 saturated heterocycles. The highest BCUT2D eigenvalue weighted by molar-refractivity contribution is 6.30. The smallest absolute Gasteiger partial charge is 0.335 e. The van der Waals surface area contributed by atoms with Crippen molar-refractivity contribution in [2.75, 3.05) is 13.2 Å². The Morgan fingerprint density at radius 1 is 1.00 bits per heavy atom. The summed E-state index contributed by atoms with van der Waals surface area (Å²) < 4.78 is 13.6. The molecule has 0 unspecified atom stereocenters.